The van der Waals surface area contributed by atoms with Gasteiger partial charge in [0.2, 0.25) is 11.0 Å². The fourth-order valence-electron chi connectivity index (χ4n) is 1.34. The zero-order valence-corrected chi connectivity index (χ0v) is 11.4. The van der Waals surface area contributed by atoms with Crippen LogP contribution in [0.3, 0.4) is 0 Å². The van der Waals surface area contributed by atoms with Crippen molar-refractivity contribution >= 4 is 16.7 Å². The molecule has 0 fully saturated rings. The Morgan fingerprint density at radius 3 is 2.50 bits per heavy atom. The lowest BCUT2D eigenvalue weighted by Gasteiger charge is -2.20. The molecule has 4 nitrogen and oxygen atoms in total. The molecule has 8 heteroatoms. The van der Waals surface area contributed by atoms with Crippen LogP contribution in [0.4, 0.5) is 18.3 Å². The molecule has 1 rings (SSSR count). The van der Waals surface area contributed by atoms with E-state index in [1.807, 2.05) is 20.8 Å². The highest BCUT2D eigenvalue weighted by atomic mass is 32.1. The highest BCUT2D eigenvalue weighted by Crippen LogP contribution is 2.30. The van der Waals surface area contributed by atoms with Crippen molar-refractivity contribution in [2.24, 2.45) is 0 Å². The fourth-order valence-corrected chi connectivity index (χ4v) is 2.11. The summed E-state index contributed by atoms with van der Waals surface area (Å²) in [6.07, 6.45) is -4.47. The van der Waals surface area contributed by atoms with Gasteiger partial charge in [-0.3, -0.25) is 0 Å². The molecule has 1 aromatic rings. The number of rotatable bonds is 6. The van der Waals surface area contributed by atoms with Gasteiger partial charge in [-0.05, 0) is 6.92 Å². The lowest BCUT2D eigenvalue weighted by Crippen LogP contribution is -2.34. The van der Waals surface area contributed by atoms with E-state index in [1.165, 1.54) is 0 Å². The number of nitrogens with zero attached hydrogens (tertiary/aromatic N) is 3. The summed E-state index contributed by atoms with van der Waals surface area (Å²) in [5, 5.41) is 3.52. The Morgan fingerprint density at radius 1 is 1.39 bits per heavy atom. The number of hydrogen-bond acceptors (Lipinski definition) is 5. The number of hydrogen-bond donors (Lipinski definition) is 1. The van der Waals surface area contributed by atoms with Crippen LogP contribution in [0, 0.1) is 0 Å². The standard InChI is InChI=1S/C10H17F3N4S/c1-4-17(6-5-14-7(2)3)9-15-8(16-18-9)10(11,12)13/h7,14H,4-6H2,1-3H3. The third kappa shape index (κ3) is 4.41. The molecule has 0 saturated carbocycles. The van der Waals surface area contributed by atoms with Crippen LogP contribution in [0.15, 0.2) is 0 Å². The summed E-state index contributed by atoms with van der Waals surface area (Å²) in [7, 11) is 0. The number of nitrogens with one attached hydrogen (secondary N) is 1. The minimum Gasteiger partial charge on any atom is -0.346 e. The van der Waals surface area contributed by atoms with Gasteiger partial charge in [-0.1, -0.05) is 13.8 Å². The number of likely N-dealkylation sites (N-methyl/N-ethyl adjacent to an activating group) is 1. The van der Waals surface area contributed by atoms with Gasteiger partial charge in [0.05, 0.1) is 0 Å². The normalized spacial score (nSPS) is 12.2. The first-order valence-corrected chi connectivity index (χ1v) is 6.51. The molecule has 0 amide bonds. The van der Waals surface area contributed by atoms with Crippen molar-refractivity contribution in [3.63, 3.8) is 0 Å². The molecule has 0 atom stereocenters. The molecule has 0 spiro atoms. The van der Waals surface area contributed by atoms with Gasteiger partial charge in [-0.15, -0.1) is 0 Å². The molecule has 0 aliphatic carbocycles. The van der Waals surface area contributed by atoms with Gasteiger partial charge in [0.1, 0.15) is 0 Å². The Balaban J connectivity index is 2.62. The van der Waals surface area contributed by atoms with Crippen LogP contribution in [-0.4, -0.2) is 35.0 Å². The average molecular weight is 282 g/mol. The molecular formula is C10H17F3N4S. The fraction of sp³-hybridized carbons (Fsp3) is 0.800. The minimum absolute atomic E-state index is 0.315. The average Bonchev–Trinajstić information content (AvgIpc) is 2.72. The first kappa shape index (κ1) is 15.2. The van der Waals surface area contributed by atoms with Gasteiger partial charge in [0.25, 0.3) is 0 Å². The molecule has 104 valence electrons. The molecule has 0 unspecified atom stereocenters. The zero-order valence-electron chi connectivity index (χ0n) is 10.6. The molecule has 0 bridgehead atoms. The van der Waals surface area contributed by atoms with E-state index in [0.29, 0.717) is 30.8 Å². The third-order valence-corrected chi connectivity index (χ3v) is 3.03. The summed E-state index contributed by atoms with van der Waals surface area (Å²) in [4.78, 5) is 5.31. The maximum atomic E-state index is 12.4. The highest BCUT2D eigenvalue weighted by Gasteiger charge is 2.36. The van der Waals surface area contributed by atoms with E-state index in [0.717, 1.165) is 11.5 Å². The van der Waals surface area contributed by atoms with Crippen LogP contribution in [0.5, 0.6) is 0 Å². The van der Waals surface area contributed by atoms with Crippen LogP contribution in [0.2, 0.25) is 0 Å². The van der Waals surface area contributed by atoms with E-state index in [4.69, 9.17) is 0 Å². The molecule has 18 heavy (non-hydrogen) atoms. The largest absolute Gasteiger partial charge is 0.452 e. The van der Waals surface area contributed by atoms with Crippen LogP contribution in [-0.2, 0) is 6.18 Å². The molecular weight excluding hydrogens is 265 g/mol. The summed E-state index contributed by atoms with van der Waals surface area (Å²) in [6, 6.07) is 0.351. The van der Waals surface area contributed by atoms with Gasteiger partial charge >= 0.3 is 6.18 Å². The lowest BCUT2D eigenvalue weighted by atomic mass is 10.4. The Labute approximate surface area is 108 Å². The smallest absolute Gasteiger partial charge is 0.346 e. The van der Waals surface area contributed by atoms with E-state index >= 15 is 0 Å². The van der Waals surface area contributed by atoms with Crippen molar-refractivity contribution in [3.05, 3.63) is 5.82 Å². The first-order chi connectivity index (χ1) is 8.34. The van der Waals surface area contributed by atoms with E-state index < -0.39 is 12.0 Å². The summed E-state index contributed by atoms with van der Waals surface area (Å²) in [5.41, 5.74) is 0. The Morgan fingerprint density at radius 2 is 2.06 bits per heavy atom. The second-order valence-electron chi connectivity index (χ2n) is 4.09. The van der Waals surface area contributed by atoms with E-state index in [9.17, 15) is 13.2 Å². The van der Waals surface area contributed by atoms with Crippen LogP contribution < -0.4 is 10.2 Å². The molecule has 1 aromatic heterocycles. The predicted octanol–water partition coefficient (Wildman–Crippen LogP) is 2.38. The number of alkyl halides is 3. The first-order valence-electron chi connectivity index (χ1n) is 5.73. The second-order valence-corrected chi connectivity index (χ2v) is 4.82. The molecule has 1 heterocycles. The van der Waals surface area contributed by atoms with Gasteiger partial charge in [-0.25, -0.2) is 0 Å². The Bertz CT molecular complexity index is 364. The van der Waals surface area contributed by atoms with Crippen molar-refractivity contribution in [3.8, 4) is 0 Å². The van der Waals surface area contributed by atoms with E-state index in [-0.39, 0.29) is 0 Å². The number of halogens is 3. The second kappa shape index (κ2) is 6.33. The van der Waals surface area contributed by atoms with Crippen LogP contribution in [0.1, 0.15) is 26.6 Å². The number of anilines is 1. The van der Waals surface area contributed by atoms with E-state index in [2.05, 4.69) is 14.7 Å². The predicted molar refractivity (Wildman–Crippen MR) is 65.9 cm³/mol. The maximum Gasteiger partial charge on any atom is 0.452 e. The molecule has 1 N–H and O–H groups in total. The van der Waals surface area contributed by atoms with Gasteiger partial charge in [0.15, 0.2) is 0 Å². The zero-order chi connectivity index (χ0) is 13.8. The van der Waals surface area contributed by atoms with Gasteiger partial charge in [-0.2, -0.15) is 22.5 Å². The minimum atomic E-state index is -4.47. The third-order valence-electron chi connectivity index (χ3n) is 2.26. The molecule has 0 aliphatic rings. The Hall–Kier alpha value is -0.890. The SMILES string of the molecule is CCN(CCNC(C)C)c1nc(C(F)(F)F)ns1. The maximum absolute atomic E-state index is 12.4. The topological polar surface area (TPSA) is 41.0 Å². The van der Waals surface area contributed by atoms with Crippen molar-refractivity contribution in [1.29, 1.82) is 0 Å². The summed E-state index contributed by atoms with van der Waals surface area (Å²) in [5.74, 6) is -1.06. The molecule has 0 saturated heterocycles. The van der Waals surface area contributed by atoms with Gasteiger partial charge in [0, 0.05) is 37.2 Å². The molecule has 0 aliphatic heterocycles. The summed E-state index contributed by atoms with van der Waals surface area (Å²) < 4.78 is 40.5. The number of aromatic nitrogens is 2. The van der Waals surface area contributed by atoms with Gasteiger partial charge < -0.3 is 10.2 Å². The lowest BCUT2D eigenvalue weighted by molar-refractivity contribution is -0.144. The molecule has 0 aromatic carbocycles. The monoisotopic (exact) mass is 282 g/mol. The highest BCUT2D eigenvalue weighted by molar-refractivity contribution is 7.09. The molecule has 0 radical (unpaired) electrons. The van der Waals surface area contributed by atoms with Crippen LogP contribution in [0.25, 0.3) is 0 Å². The van der Waals surface area contributed by atoms with Crippen molar-refractivity contribution < 1.29 is 13.2 Å². The summed E-state index contributed by atoms with van der Waals surface area (Å²) >= 11 is 0.785. The quantitative estimate of drug-likeness (QED) is 0.870. The Kier molecular flexibility index (Phi) is 5.33. The summed E-state index contributed by atoms with van der Waals surface area (Å²) in [6.45, 7) is 7.83. The van der Waals surface area contributed by atoms with Crippen molar-refractivity contribution in [2.75, 3.05) is 24.5 Å². The van der Waals surface area contributed by atoms with Crippen molar-refractivity contribution in [2.45, 2.75) is 33.0 Å². The van der Waals surface area contributed by atoms with Crippen molar-refractivity contribution in [1.82, 2.24) is 14.7 Å². The van der Waals surface area contributed by atoms with Crippen LogP contribution >= 0.6 is 11.5 Å². The van der Waals surface area contributed by atoms with E-state index in [1.54, 1.807) is 4.90 Å².